The molecule has 0 unspecified atom stereocenters. The lowest BCUT2D eigenvalue weighted by atomic mass is 10.2. The van der Waals surface area contributed by atoms with Crippen molar-refractivity contribution in [2.24, 2.45) is 5.73 Å². The van der Waals surface area contributed by atoms with E-state index < -0.39 is 0 Å². The molecular weight excluding hydrogens is 210 g/mol. The van der Waals surface area contributed by atoms with Gasteiger partial charge in [-0.25, -0.2) is 0 Å². The van der Waals surface area contributed by atoms with Gasteiger partial charge in [-0.05, 0) is 23.8 Å². The van der Waals surface area contributed by atoms with E-state index in [1.165, 1.54) is 0 Å². The number of benzene rings is 1. The Bertz CT molecular complexity index is 433. The fourth-order valence-electron chi connectivity index (χ4n) is 1.44. The molecule has 0 spiro atoms. The van der Waals surface area contributed by atoms with Crippen LogP contribution in [-0.2, 0) is 13.1 Å². The summed E-state index contributed by atoms with van der Waals surface area (Å²) >= 11 is 5.81. The Balaban J connectivity index is 2.18. The molecule has 0 atom stereocenters. The standard InChI is InChI=1S/C11H12ClN3/c12-10-3-1-9(2-4-10)8-15-11(7-13)5-6-14-15/h1-6H,7-8,13H2. The van der Waals surface area contributed by atoms with Crippen LogP contribution in [0.15, 0.2) is 36.5 Å². The second-order valence-corrected chi connectivity index (χ2v) is 3.75. The Labute approximate surface area is 93.5 Å². The number of aromatic nitrogens is 2. The Morgan fingerprint density at radius 2 is 1.93 bits per heavy atom. The van der Waals surface area contributed by atoms with Crippen LogP contribution in [0.5, 0.6) is 0 Å². The summed E-state index contributed by atoms with van der Waals surface area (Å²) in [6, 6.07) is 9.66. The molecule has 0 saturated heterocycles. The minimum absolute atomic E-state index is 0.508. The van der Waals surface area contributed by atoms with Crippen LogP contribution in [0.2, 0.25) is 5.02 Å². The molecule has 0 aliphatic heterocycles. The predicted molar refractivity (Wildman–Crippen MR) is 60.7 cm³/mol. The number of halogens is 1. The molecule has 0 saturated carbocycles. The predicted octanol–water partition coefficient (Wildman–Crippen LogP) is 2.04. The van der Waals surface area contributed by atoms with E-state index in [0.29, 0.717) is 6.54 Å². The van der Waals surface area contributed by atoms with E-state index >= 15 is 0 Å². The van der Waals surface area contributed by atoms with Crippen molar-refractivity contribution in [1.29, 1.82) is 0 Å². The smallest absolute Gasteiger partial charge is 0.0663 e. The lowest BCUT2D eigenvalue weighted by Gasteiger charge is -2.05. The molecule has 15 heavy (non-hydrogen) atoms. The average Bonchev–Trinajstić information content (AvgIpc) is 2.69. The molecule has 2 N–H and O–H groups in total. The normalized spacial score (nSPS) is 10.5. The zero-order chi connectivity index (χ0) is 10.7. The Morgan fingerprint density at radius 3 is 2.60 bits per heavy atom. The van der Waals surface area contributed by atoms with Gasteiger partial charge in [0.1, 0.15) is 0 Å². The van der Waals surface area contributed by atoms with Gasteiger partial charge in [-0.2, -0.15) is 5.10 Å². The Kier molecular flexibility index (Phi) is 3.04. The van der Waals surface area contributed by atoms with Crippen LogP contribution in [0.1, 0.15) is 11.3 Å². The lowest BCUT2D eigenvalue weighted by Crippen LogP contribution is -2.09. The second kappa shape index (κ2) is 4.47. The van der Waals surface area contributed by atoms with Gasteiger partial charge in [-0.1, -0.05) is 23.7 Å². The number of hydrogen-bond acceptors (Lipinski definition) is 2. The molecule has 1 aromatic carbocycles. The summed E-state index contributed by atoms with van der Waals surface area (Å²) in [5, 5.41) is 4.96. The molecule has 1 heterocycles. The van der Waals surface area contributed by atoms with Crippen LogP contribution >= 0.6 is 11.6 Å². The summed E-state index contributed by atoms with van der Waals surface area (Å²) in [6.07, 6.45) is 1.76. The quantitative estimate of drug-likeness (QED) is 0.862. The number of rotatable bonds is 3. The zero-order valence-corrected chi connectivity index (χ0v) is 8.98. The third-order valence-corrected chi connectivity index (χ3v) is 2.51. The SMILES string of the molecule is NCc1ccnn1Cc1ccc(Cl)cc1. The third-order valence-electron chi connectivity index (χ3n) is 2.26. The highest BCUT2D eigenvalue weighted by molar-refractivity contribution is 6.30. The first-order valence-electron chi connectivity index (χ1n) is 4.75. The molecule has 0 amide bonds. The van der Waals surface area contributed by atoms with E-state index in [0.717, 1.165) is 22.8 Å². The summed E-state index contributed by atoms with van der Waals surface area (Å²) in [4.78, 5) is 0. The van der Waals surface area contributed by atoms with Crippen molar-refractivity contribution in [3.05, 3.63) is 52.8 Å². The molecule has 0 radical (unpaired) electrons. The lowest BCUT2D eigenvalue weighted by molar-refractivity contribution is 0.646. The van der Waals surface area contributed by atoms with Crippen LogP contribution in [-0.4, -0.2) is 9.78 Å². The minimum atomic E-state index is 0.508. The van der Waals surface area contributed by atoms with Gasteiger partial charge in [0.25, 0.3) is 0 Å². The summed E-state index contributed by atoms with van der Waals surface area (Å²) in [5.41, 5.74) is 7.79. The van der Waals surface area contributed by atoms with E-state index in [-0.39, 0.29) is 0 Å². The largest absolute Gasteiger partial charge is 0.325 e. The fraction of sp³-hybridized carbons (Fsp3) is 0.182. The van der Waals surface area contributed by atoms with Crippen molar-refractivity contribution in [3.8, 4) is 0 Å². The van der Waals surface area contributed by atoms with Crippen molar-refractivity contribution in [2.75, 3.05) is 0 Å². The molecule has 2 aromatic rings. The van der Waals surface area contributed by atoms with Crippen molar-refractivity contribution in [3.63, 3.8) is 0 Å². The van der Waals surface area contributed by atoms with Gasteiger partial charge < -0.3 is 5.73 Å². The van der Waals surface area contributed by atoms with Gasteiger partial charge in [0.2, 0.25) is 0 Å². The highest BCUT2D eigenvalue weighted by atomic mass is 35.5. The maximum atomic E-state index is 5.81. The molecule has 0 fully saturated rings. The molecule has 1 aromatic heterocycles. The summed E-state index contributed by atoms with van der Waals surface area (Å²) in [6.45, 7) is 1.24. The van der Waals surface area contributed by atoms with Crippen LogP contribution in [0.3, 0.4) is 0 Å². The topological polar surface area (TPSA) is 43.8 Å². The highest BCUT2D eigenvalue weighted by Gasteiger charge is 2.01. The molecule has 3 nitrogen and oxygen atoms in total. The van der Waals surface area contributed by atoms with Gasteiger partial charge in [-0.15, -0.1) is 0 Å². The minimum Gasteiger partial charge on any atom is -0.325 e. The maximum absolute atomic E-state index is 5.81. The van der Waals surface area contributed by atoms with Gasteiger partial charge in [0.05, 0.1) is 12.2 Å². The fourth-order valence-corrected chi connectivity index (χ4v) is 1.56. The van der Waals surface area contributed by atoms with Crippen molar-refractivity contribution < 1.29 is 0 Å². The monoisotopic (exact) mass is 221 g/mol. The van der Waals surface area contributed by atoms with Crippen LogP contribution in [0.25, 0.3) is 0 Å². The molecule has 78 valence electrons. The van der Waals surface area contributed by atoms with Gasteiger partial charge in [0, 0.05) is 17.8 Å². The second-order valence-electron chi connectivity index (χ2n) is 3.31. The van der Waals surface area contributed by atoms with Crippen molar-refractivity contribution in [1.82, 2.24) is 9.78 Å². The van der Waals surface area contributed by atoms with Gasteiger partial charge in [-0.3, -0.25) is 4.68 Å². The summed E-state index contributed by atoms with van der Waals surface area (Å²) in [5.74, 6) is 0. The summed E-state index contributed by atoms with van der Waals surface area (Å²) < 4.78 is 1.89. The zero-order valence-electron chi connectivity index (χ0n) is 8.23. The van der Waals surface area contributed by atoms with Crippen molar-refractivity contribution in [2.45, 2.75) is 13.1 Å². The first-order valence-corrected chi connectivity index (χ1v) is 5.12. The van der Waals surface area contributed by atoms with Gasteiger partial charge >= 0.3 is 0 Å². The molecule has 0 aliphatic carbocycles. The molecule has 0 aliphatic rings. The number of hydrogen-bond donors (Lipinski definition) is 1. The first-order chi connectivity index (χ1) is 7.29. The Morgan fingerprint density at radius 1 is 1.20 bits per heavy atom. The van der Waals surface area contributed by atoms with E-state index in [1.807, 2.05) is 35.0 Å². The van der Waals surface area contributed by atoms with E-state index in [4.69, 9.17) is 17.3 Å². The van der Waals surface area contributed by atoms with Crippen molar-refractivity contribution >= 4 is 11.6 Å². The highest BCUT2D eigenvalue weighted by Crippen LogP contribution is 2.11. The van der Waals surface area contributed by atoms with E-state index in [2.05, 4.69) is 5.10 Å². The van der Waals surface area contributed by atoms with Gasteiger partial charge in [0.15, 0.2) is 0 Å². The van der Waals surface area contributed by atoms with Crippen LogP contribution < -0.4 is 5.73 Å². The van der Waals surface area contributed by atoms with Crippen LogP contribution in [0.4, 0.5) is 0 Å². The average molecular weight is 222 g/mol. The van der Waals surface area contributed by atoms with Crippen LogP contribution in [0, 0.1) is 0 Å². The molecule has 4 heteroatoms. The number of nitrogens with zero attached hydrogens (tertiary/aromatic N) is 2. The summed E-state index contributed by atoms with van der Waals surface area (Å²) in [7, 11) is 0. The Hall–Kier alpha value is -1.32. The maximum Gasteiger partial charge on any atom is 0.0663 e. The molecule has 0 bridgehead atoms. The molecule has 2 rings (SSSR count). The number of nitrogens with two attached hydrogens (primary N) is 1. The van der Waals surface area contributed by atoms with E-state index in [1.54, 1.807) is 6.20 Å². The molecular formula is C11H12ClN3. The van der Waals surface area contributed by atoms with E-state index in [9.17, 15) is 0 Å². The third kappa shape index (κ3) is 2.37. The first kappa shape index (κ1) is 10.2.